The minimum atomic E-state index is -0.539. The van der Waals surface area contributed by atoms with Crippen molar-refractivity contribution < 1.29 is 9.53 Å². The molecular weight excluding hydrogens is 268 g/mol. The van der Waals surface area contributed by atoms with Gasteiger partial charge in [-0.15, -0.1) is 0 Å². The smallest absolute Gasteiger partial charge is 0.408 e. The van der Waals surface area contributed by atoms with Crippen LogP contribution in [0.25, 0.3) is 0 Å². The Morgan fingerprint density at radius 2 is 1.95 bits per heavy atom. The summed E-state index contributed by atoms with van der Waals surface area (Å²) in [6.07, 6.45) is -0.467. The normalized spacial score (nSPS) is 13.4. The fourth-order valence-corrected chi connectivity index (χ4v) is 1.67. The molecule has 0 spiro atoms. The van der Waals surface area contributed by atoms with Crippen molar-refractivity contribution in [2.24, 2.45) is 10.7 Å². The predicted molar refractivity (Wildman–Crippen MR) is 84.1 cm³/mol. The first-order valence-electron chi connectivity index (χ1n) is 6.82. The van der Waals surface area contributed by atoms with Gasteiger partial charge in [-0.1, -0.05) is 30.3 Å². The number of amides is 1. The van der Waals surface area contributed by atoms with Crippen LogP contribution in [0, 0.1) is 0 Å². The molecule has 1 aromatic carbocycles. The number of nitrogens with one attached hydrogen (secondary N) is 2. The molecule has 0 saturated carbocycles. The van der Waals surface area contributed by atoms with E-state index in [1.807, 2.05) is 51.1 Å². The number of guanidine groups is 1. The van der Waals surface area contributed by atoms with Gasteiger partial charge in [0.15, 0.2) is 5.96 Å². The van der Waals surface area contributed by atoms with E-state index in [-0.39, 0.29) is 6.04 Å². The standard InChI is InChI=1S/C15H24N4O2/c1-15(2,3)21-14(20)19-12(10-18-13(16)17-4)11-8-6-5-7-9-11/h5-9,12H,10H2,1-4H3,(H,19,20)(H3,16,17,18). The Labute approximate surface area is 125 Å². The van der Waals surface area contributed by atoms with Gasteiger partial charge in [0.05, 0.1) is 6.04 Å². The van der Waals surface area contributed by atoms with Crippen molar-refractivity contribution in [2.75, 3.05) is 13.6 Å². The Morgan fingerprint density at radius 1 is 1.33 bits per heavy atom. The van der Waals surface area contributed by atoms with E-state index in [9.17, 15) is 4.79 Å². The van der Waals surface area contributed by atoms with Gasteiger partial charge in [-0.05, 0) is 26.3 Å². The largest absolute Gasteiger partial charge is 0.444 e. The number of nitrogens with two attached hydrogens (primary N) is 1. The zero-order valence-corrected chi connectivity index (χ0v) is 13.0. The molecule has 6 heteroatoms. The molecule has 6 nitrogen and oxygen atoms in total. The Hall–Kier alpha value is -2.24. The molecule has 0 bridgehead atoms. The summed E-state index contributed by atoms with van der Waals surface area (Å²) in [6, 6.07) is 9.35. The lowest BCUT2D eigenvalue weighted by Crippen LogP contribution is -2.42. The first-order chi connectivity index (χ1) is 9.81. The summed E-state index contributed by atoms with van der Waals surface area (Å²) in [5.74, 6) is 0.321. The van der Waals surface area contributed by atoms with Crippen LogP contribution >= 0.6 is 0 Å². The molecular formula is C15H24N4O2. The number of hydrogen-bond donors (Lipinski definition) is 3. The zero-order valence-electron chi connectivity index (χ0n) is 13.0. The number of ether oxygens (including phenoxy) is 1. The molecule has 1 atom stereocenters. The van der Waals surface area contributed by atoms with Crippen LogP contribution in [0.4, 0.5) is 4.79 Å². The van der Waals surface area contributed by atoms with Crippen LogP contribution in [0.5, 0.6) is 0 Å². The number of carbonyl (C=O) groups excluding carboxylic acids is 1. The number of alkyl carbamates (subject to hydrolysis) is 1. The van der Waals surface area contributed by atoms with Crippen molar-refractivity contribution in [3.05, 3.63) is 35.9 Å². The van der Waals surface area contributed by atoms with Crippen LogP contribution in [-0.2, 0) is 4.74 Å². The Kier molecular flexibility index (Phi) is 6.02. The molecule has 4 N–H and O–H groups in total. The van der Waals surface area contributed by atoms with Gasteiger partial charge in [0.25, 0.3) is 0 Å². The zero-order chi connectivity index (χ0) is 15.9. The van der Waals surface area contributed by atoms with E-state index in [0.717, 1.165) is 5.56 Å². The SMILES string of the molecule is CN=C(N)NCC(NC(=O)OC(C)(C)C)c1ccccc1. The summed E-state index contributed by atoms with van der Waals surface area (Å²) in [4.78, 5) is 15.8. The fraction of sp³-hybridized carbons (Fsp3) is 0.467. The summed E-state index contributed by atoms with van der Waals surface area (Å²) in [7, 11) is 1.60. The molecule has 0 heterocycles. The van der Waals surface area contributed by atoms with Crippen LogP contribution < -0.4 is 16.4 Å². The second-order valence-corrected chi connectivity index (χ2v) is 5.60. The van der Waals surface area contributed by atoms with Crippen LogP contribution in [-0.4, -0.2) is 31.2 Å². The summed E-state index contributed by atoms with van der Waals surface area (Å²) >= 11 is 0. The molecule has 0 aromatic heterocycles. The third-order valence-electron chi connectivity index (χ3n) is 2.62. The monoisotopic (exact) mass is 292 g/mol. The summed E-state index contributed by atoms with van der Waals surface area (Å²) in [6.45, 7) is 5.89. The van der Waals surface area contributed by atoms with Gasteiger partial charge in [-0.25, -0.2) is 4.79 Å². The fourth-order valence-electron chi connectivity index (χ4n) is 1.67. The number of benzene rings is 1. The Balaban J connectivity index is 2.75. The van der Waals surface area contributed by atoms with E-state index in [1.54, 1.807) is 7.05 Å². The molecule has 0 aliphatic rings. The van der Waals surface area contributed by atoms with E-state index in [1.165, 1.54) is 0 Å². The molecule has 0 radical (unpaired) electrons. The lowest BCUT2D eigenvalue weighted by Gasteiger charge is -2.24. The van der Waals surface area contributed by atoms with Gasteiger partial charge < -0.3 is 21.1 Å². The highest BCUT2D eigenvalue weighted by Crippen LogP contribution is 2.13. The van der Waals surface area contributed by atoms with Gasteiger partial charge in [0.1, 0.15) is 5.60 Å². The number of aliphatic imine (C=N–C) groups is 1. The van der Waals surface area contributed by atoms with Crippen LogP contribution in [0.2, 0.25) is 0 Å². The first kappa shape index (κ1) is 16.8. The number of hydrogen-bond acceptors (Lipinski definition) is 3. The molecule has 0 fully saturated rings. The highest BCUT2D eigenvalue weighted by molar-refractivity contribution is 5.77. The van der Waals surface area contributed by atoms with E-state index < -0.39 is 11.7 Å². The molecule has 1 unspecified atom stereocenters. The minimum absolute atomic E-state index is 0.263. The summed E-state index contributed by atoms with van der Waals surface area (Å²) in [5, 5.41) is 5.79. The molecule has 21 heavy (non-hydrogen) atoms. The number of nitrogens with zero attached hydrogens (tertiary/aromatic N) is 1. The topological polar surface area (TPSA) is 88.7 Å². The van der Waals surface area contributed by atoms with Crippen molar-refractivity contribution >= 4 is 12.1 Å². The lowest BCUT2D eigenvalue weighted by atomic mass is 10.1. The van der Waals surface area contributed by atoms with Crippen molar-refractivity contribution in [3.63, 3.8) is 0 Å². The van der Waals surface area contributed by atoms with E-state index in [2.05, 4.69) is 15.6 Å². The second kappa shape index (κ2) is 7.52. The molecule has 0 aliphatic carbocycles. The van der Waals surface area contributed by atoms with Crippen molar-refractivity contribution in [2.45, 2.75) is 32.4 Å². The maximum absolute atomic E-state index is 11.9. The minimum Gasteiger partial charge on any atom is -0.444 e. The maximum atomic E-state index is 11.9. The van der Waals surface area contributed by atoms with E-state index in [0.29, 0.717) is 12.5 Å². The third kappa shape index (κ3) is 6.65. The Bertz CT molecular complexity index is 480. The molecule has 1 rings (SSSR count). The highest BCUT2D eigenvalue weighted by Gasteiger charge is 2.20. The van der Waals surface area contributed by atoms with Crippen molar-refractivity contribution in [1.29, 1.82) is 0 Å². The van der Waals surface area contributed by atoms with E-state index >= 15 is 0 Å². The van der Waals surface area contributed by atoms with Crippen molar-refractivity contribution in [3.8, 4) is 0 Å². The highest BCUT2D eigenvalue weighted by atomic mass is 16.6. The quantitative estimate of drug-likeness (QED) is 0.583. The van der Waals surface area contributed by atoms with Gasteiger partial charge in [0.2, 0.25) is 0 Å². The lowest BCUT2D eigenvalue weighted by molar-refractivity contribution is 0.0504. The first-order valence-corrected chi connectivity index (χ1v) is 6.82. The summed E-state index contributed by atoms with van der Waals surface area (Å²) < 4.78 is 5.28. The molecule has 0 aliphatic heterocycles. The second-order valence-electron chi connectivity index (χ2n) is 5.60. The average molecular weight is 292 g/mol. The molecule has 0 saturated heterocycles. The van der Waals surface area contributed by atoms with Crippen molar-refractivity contribution in [1.82, 2.24) is 10.6 Å². The number of rotatable bonds is 4. The van der Waals surface area contributed by atoms with Gasteiger partial charge >= 0.3 is 6.09 Å². The van der Waals surface area contributed by atoms with Crippen LogP contribution in [0.3, 0.4) is 0 Å². The predicted octanol–water partition coefficient (Wildman–Crippen LogP) is 1.79. The number of carbonyl (C=O) groups is 1. The van der Waals surface area contributed by atoms with E-state index in [4.69, 9.17) is 10.5 Å². The average Bonchev–Trinajstić information content (AvgIpc) is 2.42. The molecule has 1 aromatic rings. The summed E-state index contributed by atoms with van der Waals surface area (Å²) in [5.41, 5.74) is 6.05. The Morgan fingerprint density at radius 3 is 2.48 bits per heavy atom. The third-order valence-corrected chi connectivity index (χ3v) is 2.62. The molecule has 1 amide bonds. The van der Waals surface area contributed by atoms with Gasteiger partial charge in [-0.3, -0.25) is 4.99 Å². The van der Waals surface area contributed by atoms with Gasteiger partial charge in [-0.2, -0.15) is 0 Å². The molecule has 116 valence electrons. The maximum Gasteiger partial charge on any atom is 0.408 e. The van der Waals surface area contributed by atoms with Gasteiger partial charge in [0, 0.05) is 13.6 Å². The van der Waals surface area contributed by atoms with Crippen LogP contribution in [0.15, 0.2) is 35.3 Å². The van der Waals surface area contributed by atoms with Crippen LogP contribution in [0.1, 0.15) is 32.4 Å².